The Hall–Kier alpha value is -5.44. The fourth-order valence-corrected chi connectivity index (χ4v) is 4.79. The summed E-state index contributed by atoms with van der Waals surface area (Å²) in [6.07, 6.45) is 1.45. The van der Waals surface area contributed by atoms with Gasteiger partial charge in [-0.15, -0.1) is 0 Å². The van der Waals surface area contributed by atoms with Gasteiger partial charge in [0.15, 0.2) is 5.96 Å². The number of aromatic amines is 1. The lowest BCUT2D eigenvalue weighted by Gasteiger charge is -2.25. The van der Waals surface area contributed by atoms with E-state index < -0.39 is 60.2 Å². The number of aliphatic imine (C=N–C) groups is 1. The molecule has 0 aliphatic rings. The van der Waals surface area contributed by atoms with Crippen LogP contribution in [0.25, 0.3) is 10.9 Å². The number of aromatic nitrogens is 1. The highest BCUT2D eigenvalue weighted by molar-refractivity contribution is 5.95. The number of nitrogens with zero attached hydrogens (tertiary/aromatic N) is 1. The van der Waals surface area contributed by atoms with Crippen molar-refractivity contribution in [1.29, 1.82) is 0 Å². The molecule has 0 spiro atoms. The number of carbonyl (C=O) groups excluding carboxylic acids is 3. The molecule has 4 atom stereocenters. The van der Waals surface area contributed by atoms with Crippen LogP contribution in [-0.4, -0.2) is 81.5 Å². The fourth-order valence-electron chi connectivity index (χ4n) is 4.79. The molecule has 46 heavy (non-hydrogen) atoms. The average molecular weight is 637 g/mol. The lowest BCUT2D eigenvalue weighted by Crippen LogP contribution is -2.57. The van der Waals surface area contributed by atoms with E-state index in [4.69, 9.17) is 17.2 Å². The van der Waals surface area contributed by atoms with Crippen LogP contribution in [0.5, 0.6) is 0 Å². The summed E-state index contributed by atoms with van der Waals surface area (Å²) >= 11 is 0. The summed E-state index contributed by atoms with van der Waals surface area (Å²) in [6.45, 7) is 0.255. The lowest BCUT2D eigenvalue weighted by atomic mass is 10.0. The van der Waals surface area contributed by atoms with E-state index in [1.54, 1.807) is 36.5 Å². The number of nitrogens with two attached hydrogens (primary N) is 3. The Balaban J connectivity index is 1.81. The molecule has 0 bridgehead atoms. The molecule has 0 saturated carbocycles. The second-order valence-electron chi connectivity index (χ2n) is 10.8. The van der Waals surface area contributed by atoms with E-state index >= 15 is 0 Å². The standard InChI is InChI=1S/C31H40N8O7/c32-21(10-6-14-35-31(33)34)27(42)38-24(16-19-17-36-22-11-5-4-9-20(19)22)29(44)37-23(12-13-26(40)41)28(43)39-25(30(45)46)15-18-7-2-1-3-8-18/h1-5,7-9,11,17,21,23-25,36H,6,10,12-16,32H2,(H,37,44)(H,38,42)(H,39,43)(H,40,41)(H,45,46)(H4,33,34,35)/t21-,23-,24-,25-/m0/s1. The zero-order valence-electron chi connectivity index (χ0n) is 25.1. The number of rotatable bonds is 18. The average Bonchev–Trinajstić information content (AvgIpc) is 3.43. The maximum atomic E-state index is 13.7. The van der Waals surface area contributed by atoms with E-state index in [1.165, 1.54) is 0 Å². The first-order valence-electron chi connectivity index (χ1n) is 14.7. The number of fused-ring (bicyclic) bond motifs is 1. The minimum Gasteiger partial charge on any atom is -0.481 e. The predicted molar refractivity (Wildman–Crippen MR) is 170 cm³/mol. The van der Waals surface area contributed by atoms with Gasteiger partial charge in [-0.25, -0.2) is 4.79 Å². The zero-order chi connectivity index (χ0) is 33.6. The molecule has 0 saturated heterocycles. The normalized spacial score (nSPS) is 13.5. The second-order valence-corrected chi connectivity index (χ2v) is 10.8. The van der Waals surface area contributed by atoms with E-state index in [-0.39, 0.29) is 38.2 Å². The van der Waals surface area contributed by atoms with Crippen molar-refractivity contribution in [2.45, 2.75) is 62.7 Å². The molecule has 246 valence electrons. The molecule has 0 fully saturated rings. The van der Waals surface area contributed by atoms with Gasteiger partial charge < -0.3 is 48.3 Å². The van der Waals surface area contributed by atoms with Gasteiger partial charge >= 0.3 is 11.9 Å². The topological polar surface area (TPSA) is 268 Å². The number of guanidine groups is 1. The van der Waals surface area contributed by atoms with Crippen LogP contribution in [0.4, 0.5) is 0 Å². The Bertz CT molecular complexity index is 1540. The van der Waals surface area contributed by atoms with Gasteiger partial charge in [0.05, 0.1) is 6.04 Å². The molecule has 0 unspecified atom stereocenters. The third kappa shape index (κ3) is 10.9. The van der Waals surface area contributed by atoms with Crippen LogP contribution >= 0.6 is 0 Å². The van der Waals surface area contributed by atoms with Gasteiger partial charge in [0.1, 0.15) is 18.1 Å². The first kappa shape index (κ1) is 35.0. The number of nitrogens with one attached hydrogen (secondary N) is 4. The third-order valence-electron chi connectivity index (χ3n) is 7.21. The van der Waals surface area contributed by atoms with Crippen molar-refractivity contribution in [2.75, 3.05) is 6.54 Å². The summed E-state index contributed by atoms with van der Waals surface area (Å²) in [7, 11) is 0. The number of carbonyl (C=O) groups is 5. The molecule has 0 radical (unpaired) electrons. The van der Waals surface area contributed by atoms with E-state index in [0.29, 0.717) is 17.5 Å². The van der Waals surface area contributed by atoms with Crippen molar-refractivity contribution in [3.8, 4) is 0 Å². The van der Waals surface area contributed by atoms with Crippen LogP contribution in [-0.2, 0) is 36.8 Å². The minimum atomic E-state index is -1.42. The van der Waals surface area contributed by atoms with Gasteiger partial charge in [-0.05, 0) is 36.5 Å². The molecule has 1 aromatic heterocycles. The highest BCUT2D eigenvalue weighted by atomic mass is 16.4. The molecule has 1 heterocycles. The molecule has 0 aliphatic heterocycles. The van der Waals surface area contributed by atoms with E-state index in [1.807, 2.05) is 24.3 Å². The number of amides is 3. The maximum absolute atomic E-state index is 13.7. The van der Waals surface area contributed by atoms with Gasteiger partial charge in [-0.3, -0.25) is 24.2 Å². The highest BCUT2D eigenvalue weighted by Gasteiger charge is 2.31. The van der Waals surface area contributed by atoms with Crippen molar-refractivity contribution >= 4 is 46.5 Å². The largest absolute Gasteiger partial charge is 0.481 e. The molecule has 3 amide bonds. The molecule has 3 aromatic rings. The SMILES string of the molecule is NC(N)=NCCC[C@H](N)C(=O)N[C@@H](Cc1c[nH]c2ccccc12)C(=O)N[C@@H](CCC(=O)O)C(=O)N[C@@H](Cc1ccccc1)C(=O)O. The van der Waals surface area contributed by atoms with Crippen molar-refractivity contribution in [2.24, 2.45) is 22.2 Å². The van der Waals surface area contributed by atoms with Gasteiger partial charge in [-0.2, -0.15) is 0 Å². The number of hydrogen-bond donors (Lipinski definition) is 9. The van der Waals surface area contributed by atoms with E-state index in [0.717, 1.165) is 10.9 Å². The molecule has 15 nitrogen and oxygen atoms in total. The number of benzene rings is 2. The van der Waals surface area contributed by atoms with Crippen LogP contribution in [0, 0.1) is 0 Å². The number of aliphatic carboxylic acids is 2. The molecule has 2 aromatic carbocycles. The van der Waals surface area contributed by atoms with Crippen molar-refractivity contribution in [1.82, 2.24) is 20.9 Å². The summed E-state index contributed by atoms with van der Waals surface area (Å²) in [5.74, 6) is -4.92. The van der Waals surface area contributed by atoms with Crippen LogP contribution in [0.1, 0.15) is 36.8 Å². The molecule has 12 N–H and O–H groups in total. The Morgan fingerprint density at radius 1 is 0.783 bits per heavy atom. The molecule has 15 heteroatoms. The molecule has 3 rings (SSSR count). The lowest BCUT2D eigenvalue weighted by molar-refractivity contribution is -0.143. The highest BCUT2D eigenvalue weighted by Crippen LogP contribution is 2.19. The van der Waals surface area contributed by atoms with Crippen molar-refractivity contribution in [3.05, 3.63) is 71.9 Å². The zero-order valence-corrected chi connectivity index (χ0v) is 25.1. The summed E-state index contributed by atoms with van der Waals surface area (Å²) in [6, 6.07) is 11.0. The van der Waals surface area contributed by atoms with Gasteiger partial charge in [0.25, 0.3) is 0 Å². The Labute approximate surface area is 265 Å². The van der Waals surface area contributed by atoms with Gasteiger partial charge in [0, 0.05) is 42.9 Å². The van der Waals surface area contributed by atoms with Crippen molar-refractivity contribution < 1.29 is 34.2 Å². The van der Waals surface area contributed by atoms with Crippen LogP contribution in [0.2, 0.25) is 0 Å². The molecule has 0 aliphatic carbocycles. The number of H-pyrrole nitrogens is 1. The van der Waals surface area contributed by atoms with Crippen LogP contribution < -0.4 is 33.2 Å². The maximum Gasteiger partial charge on any atom is 0.326 e. The second kappa shape index (κ2) is 17.2. The Morgan fingerprint density at radius 3 is 2.09 bits per heavy atom. The number of hydrogen-bond acceptors (Lipinski definition) is 7. The van der Waals surface area contributed by atoms with Crippen LogP contribution in [0.3, 0.4) is 0 Å². The molecular weight excluding hydrogens is 596 g/mol. The van der Waals surface area contributed by atoms with Gasteiger partial charge in [0.2, 0.25) is 17.7 Å². The van der Waals surface area contributed by atoms with E-state index in [2.05, 4.69) is 25.9 Å². The summed E-state index contributed by atoms with van der Waals surface area (Å²) < 4.78 is 0. The van der Waals surface area contributed by atoms with Crippen molar-refractivity contribution in [3.63, 3.8) is 0 Å². The first-order valence-corrected chi connectivity index (χ1v) is 14.7. The number of para-hydroxylation sites is 1. The smallest absolute Gasteiger partial charge is 0.326 e. The quantitative estimate of drug-likeness (QED) is 0.0501. The minimum absolute atomic E-state index is 0.00132. The van der Waals surface area contributed by atoms with Gasteiger partial charge in [-0.1, -0.05) is 48.5 Å². The van der Waals surface area contributed by atoms with E-state index in [9.17, 15) is 34.2 Å². The first-order chi connectivity index (χ1) is 21.9. The summed E-state index contributed by atoms with van der Waals surface area (Å²) in [4.78, 5) is 70.4. The van der Waals surface area contributed by atoms with Crippen LogP contribution in [0.15, 0.2) is 65.8 Å². The monoisotopic (exact) mass is 636 g/mol. The fraction of sp³-hybridized carbons (Fsp3) is 0.355. The third-order valence-corrected chi connectivity index (χ3v) is 7.21. The number of carboxylic acid groups (broad SMARTS) is 2. The molecular formula is C31H40N8O7. The Morgan fingerprint density at radius 2 is 1.41 bits per heavy atom. The summed E-state index contributed by atoms with van der Waals surface area (Å²) in [5.41, 5.74) is 18.9. The number of carboxylic acids is 2. The summed E-state index contributed by atoms with van der Waals surface area (Å²) in [5, 5.41) is 27.5. The Kier molecular flexibility index (Phi) is 13.1. The predicted octanol–water partition coefficient (Wildman–Crippen LogP) is -0.262.